The average molecular weight is 195 g/mol. The highest BCUT2D eigenvalue weighted by Gasteiger charge is 2.11. The van der Waals surface area contributed by atoms with Gasteiger partial charge in [-0.1, -0.05) is 13.8 Å². The third kappa shape index (κ3) is 3.13. The third-order valence-corrected chi connectivity index (χ3v) is 2.40. The van der Waals surface area contributed by atoms with E-state index in [-0.39, 0.29) is 6.04 Å². The van der Waals surface area contributed by atoms with Gasteiger partial charge in [0.05, 0.1) is 6.07 Å². The number of aromatic nitrogens is 1. The van der Waals surface area contributed by atoms with Gasteiger partial charge in [-0.25, -0.2) is 4.98 Å². The normalized spacial score (nSPS) is 12.8. The number of thiazole rings is 1. The lowest BCUT2D eigenvalue weighted by molar-refractivity contribution is 0.524. The summed E-state index contributed by atoms with van der Waals surface area (Å²) in [5.41, 5.74) is 0. The molecule has 0 aliphatic rings. The van der Waals surface area contributed by atoms with E-state index in [0.717, 1.165) is 11.6 Å². The maximum absolute atomic E-state index is 8.86. The van der Waals surface area contributed by atoms with Crippen LogP contribution in [0.5, 0.6) is 0 Å². The number of nitrogens with one attached hydrogen (secondary N) is 1. The van der Waals surface area contributed by atoms with Gasteiger partial charge in [-0.2, -0.15) is 5.26 Å². The van der Waals surface area contributed by atoms with Crippen LogP contribution < -0.4 is 5.32 Å². The van der Waals surface area contributed by atoms with Crippen LogP contribution in [0.25, 0.3) is 0 Å². The Morgan fingerprint density at radius 2 is 2.46 bits per heavy atom. The van der Waals surface area contributed by atoms with Crippen molar-refractivity contribution in [2.24, 2.45) is 5.92 Å². The summed E-state index contributed by atoms with van der Waals surface area (Å²) in [6.45, 7) is 5.07. The smallest absolute Gasteiger partial charge is 0.148 e. The third-order valence-electron chi connectivity index (χ3n) is 1.56. The van der Waals surface area contributed by atoms with E-state index in [4.69, 9.17) is 5.26 Å². The molecule has 1 aromatic rings. The van der Waals surface area contributed by atoms with E-state index < -0.39 is 0 Å². The molecule has 1 unspecified atom stereocenters. The molecule has 1 atom stereocenters. The Bertz CT molecular complexity index is 274. The molecule has 13 heavy (non-hydrogen) atoms. The zero-order valence-corrected chi connectivity index (χ0v) is 8.64. The van der Waals surface area contributed by atoms with Gasteiger partial charge < -0.3 is 0 Å². The zero-order chi connectivity index (χ0) is 9.68. The van der Waals surface area contributed by atoms with E-state index in [1.165, 1.54) is 11.3 Å². The summed E-state index contributed by atoms with van der Waals surface area (Å²) in [5, 5.41) is 14.8. The predicted molar refractivity (Wildman–Crippen MR) is 53.3 cm³/mol. The molecule has 0 fully saturated rings. The van der Waals surface area contributed by atoms with E-state index in [9.17, 15) is 0 Å². The summed E-state index contributed by atoms with van der Waals surface area (Å²) in [5.74, 6) is 0.552. The van der Waals surface area contributed by atoms with Gasteiger partial charge in [-0.3, -0.25) is 5.32 Å². The van der Waals surface area contributed by atoms with Crippen molar-refractivity contribution >= 4 is 11.3 Å². The molecule has 0 radical (unpaired) electrons. The molecule has 70 valence electrons. The summed E-state index contributed by atoms with van der Waals surface area (Å²) in [7, 11) is 0. The van der Waals surface area contributed by atoms with Gasteiger partial charge in [0.25, 0.3) is 0 Å². The topological polar surface area (TPSA) is 48.7 Å². The minimum atomic E-state index is -0.248. The monoisotopic (exact) mass is 195 g/mol. The molecule has 1 N–H and O–H groups in total. The van der Waals surface area contributed by atoms with Crippen LogP contribution >= 0.6 is 11.3 Å². The molecule has 0 bridgehead atoms. The fraction of sp³-hybridized carbons (Fsp3) is 0.556. The van der Waals surface area contributed by atoms with Crippen molar-refractivity contribution in [3.63, 3.8) is 0 Å². The molecule has 4 heteroatoms. The van der Waals surface area contributed by atoms with E-state index in [1.54, 1.807) is 6.20 Å². The Kier molecular flexibility index (Phi) is 3.87. The van der Waals surface area contributed by atoms with Crippen LogP contribution in [0.1, 0.15) is 24.9 Å². The Morgan fingerprint density at radius 3 is 2.92 bits per heavy atom. The molecule has 1 heterocycles. The SMILES string of the molecule is CC(C)CNC(C#N)c1nccs1. The maximum Gasteiger partial charge on any atom is 0.148 e. The van der Waals surface area contributed by atoms with Gasteiger partial charge in [-0.05, 0) is 12.5 Å². The van der Waals surface area contributed by atoms with Crippen molar-refractivity contribution in [1.82, 2.24) is 10.3 Å². The summed E-state index contributed by atoms with van der Waals surface area (Å²) in [4.78, 5) is 4.10. The van der Waals surface area contributed by atoms with E-state index in [1.807, 2.05) is 5.38 Å². The lowest BCUT2D eigenvalue weighted by Gasteiger charge is -2.10. The number of nitriles is 1. The lowest BCUT2D eigenvalue weighted by Crippen LogP contribution is -2.24. The summed E-state index contributed by atoms with van der Waals surface area (Å²) in [6.07, 6.45) is 1.72. The fourth-order valence-electron chi connectivity index (χ4n) is 0.919. The van der Waals surface area contributed by atoms with Crippen LogP contribution in [0.2, 0.25) is 0 Å². The Balaban J connectivity index is 2.51. The number of nitrogens with zero attached hydrogens (tertiary/aromatic N) is 2. The zero-order valence-electron chi connectivity index (χ0n) is 7.82. The van der Waals surface area contributed by atoms with Gasteiger partial charge in [0.1, 0.15) is 11.0 Å². The largest absolute Gasteiger partial charge is 0.296 e. The summed E-state index contributed by atoms with van der Waals surface area (Å²) < 4.78 is 0. The molecular formula is C9H13N3S. The quantitative estimate of drug-likeness (QED) is 0.799. The standard InChI is InChI=1S/C9H13N3S/c1-7(2)6-12-8(5-10)9-11-3-4-13-9/h3-4,7-8,12H,6H2,1-2H3. The Labute approximate surface area is 82.4 Å². The minimum absolute atomic E-state index is 0.248. The van der Waals surface area contributed by atoms with Crippen molar-refractivity contribution in [3.05, 3.63) is 16.6 Å². The minimum Gasteiger partial charge on any atom is -0.296 e. The first kappa shape index (κ1) is 10.2. The van der Waals surface area contributed by atoms with E-state index >= 15 is 0 Å². The molecule has 0 spiro atoms. The number of hydrogen-bond acceptors (Lipinski definition) is 4. The molecule has 0 aliphatic heterocycles. The van der Waals surface area contributed by atoms with Gasteiger partial charge in [-0.15, -0.1) is 11.3 Å². The molecule has 1 aromatic heterocycles. The second kappa shape index (κ2) is 4.95. The van der Waals surface area contributed by atoms with Crippen LogP contribution in [0.3, 0.4) is 0 Å². The van der Waals surface area contributed by atoms with Crippen molar-refractivity contribution in [2.45, 2.75) is 19.9 Å². The molecule has 0 aromatic carbocycles. The highest BCUT2D eigenvalue weighted by atomic mass is 32.1. The van der Waals surface area contributed by atoms with Crippen molar-refractivity contribution in [2.75, 3.05) is 6.54 Å². The van der Waals surface area contributed by atoms with Crippen LogP contribution in [-0.4, -0.2) is 11.5 Å². The van der Waals surface area contributed by atoms with Gasteiger partial charge in [0.15, 0.2) is 0 Å². The summed E-state index contributed by atoms with van der Waals surface area (Å²) >= 11 is 1.51. The first-order valence-corrected chi connectivity index (χ1v) is 5.14. The first-order chi connectivity index (χ1) is 6.24. The van der Waals surface area contributed by atoms with Gasteiger partial charge in [0.2, 0.25) is 0 Å². The molecule has 0 aliphatic carbocycles. The highest BCUT2D eigenvalue weighted by molar-refractivity contribution is 7.09. The molecular weight excluding hydrogens is 182 g/mol. The van der Waals surface area contributed by atoms with Crippen LogP contribution in [0.15, 0.2) is 11.6 Å². The highest BCUT2D eigenvalue weighted by Crippen LogP contribution is 2.14. The molecule has 0 saturated heterocycles. The molecule has 0 saturated carbocycles. The average Bonchev–Trinajstić information content (AvgIpc) is 2.58. The van der Waals surface area contributed by atoms with Gasteiger partial charge in [0, 0.05) is 11.6 Å². The van der Waals surface area contributed by atoms with Crippen LogP contribution in [0.4, 0.5) is 0 Å². The van der Waals surface area contributed by atoms with Crippen LogP contribution in [0, 0.1) is 17.2 Å². The predicted octanol–water partition coefficient (Wildman–Crippen LogP) is 1.95. The Hall–Kier alpha value is -0.920. The Morgan fingerprint density at radius 1 is 1.69 bits per heavy atom. The first-order valence-electron chi connectivity index (χ1n) is 4.26. The summed E-state index contributed by atoms with van der Waals surface area (Å²) in [6, 6.07) is 1.95. The maximum atomic E-state index is 8.86. The lowest BCUT2D eigenvalue weighted by atomic mass is 10.2. The van der Waals surface area contributed by atoms with E-state index in [2.05, 4.69) is 30.2 Å². The number of hydrogen-bond donors (Lipinski definition) is 1. The second-order valence-electron chi connectivity index (χ2n) is 3.23. The van der Waals surface area contributed by atoms with Crippen molar-refractivity contribution in [1.29, 1.82) is 5.26 Å². The van der Waals surface area contributed by atoms with Crippen molar-refractivity contribution < 1.29 is 0 Å². The molecule has 3 nitrogen and oxygen atoms in total. The van der Waals surface area contributed by atoms with Crippen LogP contribution in [-0.2, 0) is 0 Å². The fourth-order valence-corrected chi connectivity index (χ4v) is 1.57. The van der Waals surface area contributed by atoms with E-state index in [0.29, 0.717) is 5.92 Å². The van der Waals surface area contributed by atoms with Gasteiger partial charge >= 0.3 is 0 Å². The molecule has 0 amide bonds. The van der Waals surface area contributed by atoms with Crippen molar-refractivity contribution in [3.8, 4) is 6.07 Å². The number of rotatable bonds is 4. The second-order valence-corrected chi connectivity index (χ2v) is 4.16. The molecule has 1 rings (SSSR count).